The minimum Gasteiger partial charge on any atom is -0.496 e. The van der Waals surface area contributed by atoms with Crippen molar-refractivity contribution < 1.29 is 23.8 Å². The van der Waals surface area contributed by atoms with Crippen LogP contribution in [0.15, 0.2) is 18.2 Å². The Balaban J connectivity index is 3.30. The van der Waals surface area contributed by atoms with Crippen LogP contribution in [-0.4, -0.2) is 24.0 Å². The van der Waals surface area contributed by atoms with Gasteiger partial charge in [-0.25, -0.2) is 9.18 Å². The normalized spacial score (nSPS) is 9.57. The number of hydrogen-bond donors (Lipinski definition) is 1. The lowest BCUT2D eigenvalue weighted by molar-refractivity contribution is -0.131. The van der Waals surface area contributed by atoms with E-state index in [1.165, 1.54) is 19.2 Å². The molecule has 0 radical (unpaired) electrons. The lowest BCUT2D eigenvalue weighted by Gasteiger charge is -2.05. The van der Waals surface area contributed by atoms with Gasteiger partial charge in [-0.2, -0.15) is 0 Å². The van der Waals surface area contributed by atoms with E-state index in [2.05, 4.69) is 4.74 Å². The Morgan fingerprint density at radius 1 is 1.43 bits per heavy atom. The summed E-state index contributed by atoms with van der Waals surface area (Å²) in [5.41, 5.74) is -0.553. The summed E-state index contributed by atoms with van der Waals surface area (Å²) < 4.78 is 17.8. The molecule has 4 nitrogen and oxygen atoms in total. The molecule has 1 N–H and O–H groups in total. The lowest BCUT2D eigenvalue weighted by Crippen LogP contribution is -2.15. The van der Waals surface area contributed by atoms with Crippen LogP contribution in [0, 0.1) is 5.82 Å². The molecule has 0 unspecified atom stereocenters. The zero-order valence-electron chi connectivity index (χ0n) is 7.28. The number of methoxy groups -OCH3 is 1. The van der Waals surface area contributed by atoms with Crippen LogP contribution in [0.5, 0.6) is 5.75 Å². The first-order chi connectivity index (χ1) is 6.57. The van der Waals surface area contributed by atoms with Crippen molar-refractivity contribution in [2.75, 3.05) is 7.11 Å². The predicted octanol–water partition coefficient (Wildman–Crippen LogP) is 1.10. The SMILES string of the molecule is COc1cccc(F)c1C(=O)C(=O)O. The van der Waals surface area contributed by atoms with Gasteiger partial charge in [-0.3, -0.25) is 4.79 Å². The molecule has 0 bridgehead atoms. The molecule has 0 aromatic heterocycles. The van der Waals surface area contributed by atoms with Gasteiger partial charge in [0.2, 0.25) is 0 Å². The van der Waals surface area contributed by atoms with Gasteiger partial charge in [0.15, 0.2) is 0 Å². The van der Waals surface area contributed by atoms with E-state index in [9.17, 15) is 14.0 Å². The highest BCUT2D eigenvalue weighted by molar-refractivity contribution is 6.40. The van der Waals surface area contributed by atoms with E-state index in [0.29, 0.717) is 0 Å². The average molecular weight is 198 g/mol. The van der Waals surface area contributed by atoms with Gasteiger partial charge in [-0.05, 0) is 12.1 Å². The standard InChI is InChI=1S/C9H7FO4/c1-14-6-4-2-3-5(10)7(6)8(11)9(12)13/h2-4H,1H3,(H,12,13). The van der Waals surface area contributed by atoms with Gasteiger partial charge in [0.05, 0.1) is 7.11 Å². The molecule has 0 fully saturated rings. The topological polar surface area (TPSA) is 63.6 Å². The fourth-order valence-electron chi connectivity index (χ4n) is 1.00. The number of halogens is 1. The van der Waals surface area contributed by atoms with Gasteiger partial charge in [-0.15, -0.1) is 0 Å². The molecule has 1 rings (SSSR count). The van der Waals surface area contributed by atoms with Gasteiger partial charge >= 0.3 is 5.97 Å². The van der Waals surface area contributed by atoms with Crippen molar-refractivity contribution in [3.05, 3.63) is 29.6 Å². The van der Waals surface area contributed by atoms with Crippen molar-refractivity contribution in [3.63, 3.8) is 0 Å². The highest BCUT2D eigenvalue weighted by atomic mass is 19.1. The van der Waals surface area contributed by atoms with Gasteiger partial charge in [-0.1, -0.05) is 6.07 Å². The number of carboxylic acid groups (broad SMARTS) is 1. The molecule has 0 spiro atoms. The van der Waals surface area contributed by atoms with Crippen LogP contribution in [0.3, 0.4) is 0 Å². The number of benzene rings is 1. The third kappa shape index (κ3) is 1.71. The molecular weight excluding hydrogens is 191 g/mol. The van der Waals surface area contributed by atoms with Crippen LogP contribution in [0.4, 0.5) is 4.39 Å². The Labute approximate surface area is 78.9 Å². The van der Waals surface area contributed by atoms with E-state index < -0.39 is 23.1 Å². The number of carbonyl (C=O) groups is 2. The van der Waals surface area contributed by atoms with Gasteiger partial charge in [0.1, 0.15) is 17.1 Å². The van der Waals surface area contributed by atoms with Crippen molar-refractivity contribution in [1.29, 1.82) is 0 Å². The molecule has 1 aromatic carbocycles. The maximum atomic E-state index is 13.1. The van der Waals surface area contributed by atoms with Crippen LogP contribution in [0.2, 0.25) is 0 Å². The van der Waals surface area contributed by atoms with Crippen molar-refractivity contribution in [2.45, 2.75) is 0 Å². The molecule has 0 aliphatic rings. The molecule has 0 aliphatic carbocycles. The van der Waals surface area contributed by atoms with Crippen LogP contribution in [0.1, 0.15) is 10.4 Å². The monoisotopic (exact) mass is 198 g/mol. The second-order valence-corrected chi connectivity index (χ2v) is 2.45. The first-order valence-electron chi connectivity index (χ1n) is 3.68. The first kappa shape index (κ1) is 10.2. The molecular formula is C9H7FO4. The van der Waals surface area contributed by atoms with Crippen molar-refractivity contribution in [3.8, 4) is 5.75 Å². The second kappa shape index (κ2) is 3.87. The van der Waals surface area contributed by atoms with Crippen molar-refractivity contribution in [2.24, 2.45) is 0 Å². The van der Waals surface area contributed by atoms with Gasteiger partial charge in [0, 0.05) is 0 Å². The maximum Gasteiger partial charge on any atom is 0.377 e. The molecule has 0 saturated heterocycles. The van der Waals surface area contributed by atoms with Crippen molar-refractivity contribution in [1.82, 2.24) is 0 Å². The van der Waals surface area contributed by atoms with Gasteiger partial charge in [0.25, 0.3) is 5.78 Å². The Morgan fingerprint density at radius 3 is 2.57 bits per heavy atom. The second-order valence-electron chi connectivity index (χ2n) is 2.45. The smallest absolute Gasteiger partial charge is 0.377 e. The number of Topliss-reactive ketones (excluding diaryl/α,β-unsaturated/α-hetero) is 1. The summed E-state index contributed by atoms with van der Waals surface area (Å²) >= 11 is 0. The van der Waals surface area contributed by atoms with E-state index in [0.717, 1.165) is 6.07 Å². The summed E-state index contributed by atoms with van der Waals surface area (Å²) in [5, 5.41) is 8.41. The Morgan fingerprint density at radius 2 is 2.07 bits per heavy atom. The number of aliphatic carboxylic acids is 1. The summed E-state index contributed by atoms with van der Waals surface area (Å²) in [4.78, 5) is 21.4. The number of hydrogen-bond acceptors (Lipinski definition) is 3. The minimum absolute atomic E-state index is 0.0857. The molecule has 0 amide bonds. The minimum atomic E-state index is -1.71. The zero-order chi connectivity index (χ0) is 10.7. The van der Waals surface area contributed by atoms with E-state index in [4.69, 9.17) is 5.11 Å². The molecule has 0 aliphatic heterocycles. The molecule has 0 saturated carbocycles. The van der Waals surface area contributed by atoms with E-state index in [-0.39, 0.29) is 5.75 Å². The fourth-order valence-corrected chi connectivity index (χ4v) is 1.00. The molecule has 1 aromatic rings. The highest BCUT2D eigenvalue weighted by Gasteiger charge is 2.23. The van der Waals surface area contributed by atoms with Crippen molar-refractivity contribution >= 4 is 11.8 Å². The van der Waals surface area contributed by atoms with E-state index in [1.54, 1.807) is 0 Å². The number of rotatable bonds is 3. The average Bonchev–Trinajstić information content (AvgIpc) is 2.16. The van der Waals surface area contributed by atoms with Crippen LogP contribution in [-0.2, 0) is 4.79 Å². The summed E-state index contributed by atoms with van der Waals surface area (Å²) in [5.74, 6) is -4.03. The third-order valence-corrected chi connectivity index (χ3v) is 1.62. The van der Waals surface area contributed by atoms with E-state index in [1.807, 2.05) is 0 Å². The number of carbonyl (C=O) groups excluding carboxylic acids is 1. The molecule has 5 heteroatoms. The third-order valence-electron chi connectivity index (χ3n) is 1.62. The van der Waals surface area contributed by atoms with Crippen LogP contribution >= 0.6 is 0 Å². The summed E-state index contributed by atoms with van der Waals surface area (Å²) in [7, 11) is 1.23. The van der Waals surface area contributed by atoms with Crippen LogP contribution < -0.4 is 4.74 Å². The molecule has 0 atom stereocenters. The largest absolute Gasteiger partial charge is 0.496 e. The molecule has 14 heavy (non-hydrogen) atoms. The summed E-state index contributed by atoms with van der Waals surface area (Å²) in [6.07, 6.45) is 0. The van der Waals surface area contributed by atoms with Crippen LogP contribution in [0.25, 0.3) is 0 Å². The zero-order valence-corrected chi connectivity index (χ0v) is 7.28. The first-order valence-corrected chi connectivity index (χ1v) is 3.68. The lowest BCUT2D eigenvalue weighted by atomic mass is 10.1. The quantitative estimate of drug-likeness (QED) is 0.583. The maximum absolute atomic E-state index is 13.1. The number of carboxylic acids is 1. The number of ketones is 1. The molecule has 0 heterocycles. The highest BCUT2D eigenvalue weighted by Crippen LogP contribution is 2.21. The van der Waals surface area contributed by atoms with E-state index >= 15 is 0 Å². The summed E-state index contributed by atoms with van der Waals surface area (Å²) in [6, 6.07) is 3.64. The predicted molar refractivity (Wildman–Crippen MR) is 44.9 cm³/mol. The Bertz CT molecular complexity index is 386. The number of ether oxygens (including phenoxy) is 1. The molecule has 74 valence electrons. The summed E-state index contributed by atoms with van der Waals surface area (Å²) in [6.45, 7) is 0. The Kier molecular flexibility index (Phi) is 2.81. The Hall–Kier alpha value is -1.91. The van der Waals surface area contributed by atoms with Gasteiger partial charge < -0.3 is 9.84 Å². The fraction of sp³-hybridized carbons (Fsp3) is 0.111.